The van der Waals surface area contributed by atoms with E-state index in [9.17, 15) is 16.8 Å². The average molecular weight is 449 g/mol. The van der Waals surface area contributed by atoms with Crippen LogP contribution in [0.4, 0.5) is 11.4 Å². The van der Waals surface area contributed by atoms with Gasteiger partial charge in [-0.3, -0.25) is 9.44 Å². The zero-order chi connectivity index (χ0) is 21.8. The zero-order valence-electron chi connectivity index (χ0n) is 16.2. The van der Waals surface area contributed by atoms with E-state index in [2.05, 4.69) is 9.44 Å². The number of nitrogens with one attached hydrogen (secondary N) is 2. The number of hydrogen-bond donors (Lipinski definition) is 2. The third-order valence-electron chi connectivity index (χ3n) is 4.07. The maximum absolute atomic E-state index is 13.0. The topological polar surface area (TPSA) is 111 Å². The van der Waals surface area contributed by atoms with Gasteiger partial charge in [0.2, 0.25) is 0 Å². The lowest BCUT2D eigenvalue weighted by atomic mass is 10.3. The van der Waals surface area contributed by atoms with Crippen molar-refractivity contribution in [1.29, 1.82) is 0 Å². The maximum atomic E-state index is 13.0. The van der Waals surface area contributed by atoms with Crippen molar-refractivity contribution in [3.05, 3.63) is 72.8 Å². The monoisotopic (exact) mass is 448 g/mol. The largest absolute Gasteiger partial charge is 0.497 e. The van der Waals surface area contributed by atoms with Crippen LogP contribution >= 0.6 is 0 Å². The quantitative estimate of drug-likeness (QED) is 0.547. The van der Waals surface area contributed by atoms with Gasteiger partial charge in [0, 0.05) is 12.1 Å². The summed E-state index contributed by atoms with van der Waals surface area (Å²) in [4.78, 5) is -0.772. The lowest BCUT2D eigenvalue weighted by Crippen LogP contribution is -2.20. The van der Waals surface area contributed by atoms with E-state index < -0.39 is 20.0 Å². The van der Waals surface area contributed by atoms with E-state index in [1.807, 2.05) is 0 Å². The molecular weight excluding hydrogens is 428 g/mol. The average Bonchev–Trinajstić information content (AvgIpc) is 2.73. The molecule has 2 N–H and O–H groups in total. The highest BCUT2D eigenvalue weighted by molar-refractivity contribution is 7.95. The van der Waals surface area contributed by atoms with E-state index in [1.54, 1.807) is 24.3 Å². The summed E-state index contributed by atoms with van der Waals surface area (Å²) in [7, 11) is -5.50. The summed E-state index contributed by atoms with van der Waals surface area (Å²) in [6.45, 7) is 0. The van der Waals surface area contributed by atoms with Gasteiger partial charge in [-0.1, -0.05) is 24.3 Å². The van der Waals surface area contributed by atoms with Crippen LogP contribution in [0.15, 0.2) is 82.6 Å². The fourth-order valence-electron chi connectivity index (χ4n) is 2.69. The molecule has 3 aromatic rings. The summed E-state index contributed by atoms with van der Waals surface area (Å²) in [5.41, 5.74) is 0.476. The highest BCUT2D eigenvalue weighted by Gasteiger charge is 2.26. The molecule has 0 unspecified atom stereocenters. The summed E-state index contributed by atoms with van der Waals surface area (Å²) >= 11 is 0. The Morgan fingerprint density at radius 2 is 1.00 bits per heavy atom. The van der Waals surface area contributed by atoms with Crippen LogP contribution in [0.25, 0.3) is 0 Å². The molecule has 0 amide bonds. The first-order valence-corrected chi connectivity index (χ1v) is 11.6. The van der Waals surface area contributed by atoms with Crippen LogP contribution in [-0.4, -0.2) is 31.1 Å². The van der Waals surface area contributed by atoms with Crippen molar-refractivity contribution in [2.24, 2.45) is 0 Å². The van der Waals surface area contributed by atoms with Gasteiger partial charge in [0.15, 0.2) is 0 Å². The Labute approximate surface area is 175 Å². The number of sulfonamides is 2. The Morgan fingerprint density at radius 1 is 0.600 bits per heavy atom. The second kappa shape index (κ2) is 8.64. The van der Waals surface area contributed by atoms with Crippen molar-refractivity contribution < 1.29 is 26.3 Å². The van der Waals surface area contributed by atoms with Gasteiger partial charge in [-0.2, -0.15) is 0 Å². The number of ether oxygens (including phenoxy) is 2. The highest BCUT2D eigenvalue weighted by atomic mass is 32.2. The summed E-state index contributed by atoms with van der Waals surface area (Å²) < 4.78 is 66.8. The molecule has 3 rings (SSSR count). The number of hydrogen-bond acceptors (Lipinski definition) is 6. The summed E-state index contributed by atoms with van der Waals surface area (Å²) in [6, 6.07) is 17.9. The minimum absolute atomic E-state index is 0.238. The van der Waals surface area contributed by atoms with Gasteiger partial charge in [0.05, 0.1) is 25.6 Å². The molecule has 0 spiro atoms. The molecule has 0 aromatic heterocycles. The van der Waals surface area contributed by atoms with Crippen molar-refractivity contribution in [3.63, 3.8) is 0 Å². The van der Waals surface area contributed by atoms with E-state index >= 15 is 0 Å². The molecule has 3 aromatic carbocycles. The third kappa shape index (κ3) is 4.84. The molecule has 0 aliphatic carbocycles. The zero-order valence-corrected chi connectivity index (χ0v) is 17.8. The molecular formula is C20H20N2O6S2. The molecule has 0 fully saturated rings. The van der Waals surface area contributed by atoms with E-state index in [0.29, 0.717) is 11.5 Å². The van der Waals surface area contributed by atoms with E-state index in [4.69, 9.17) is 9.47 Å². The first-order chi connectivity index (χ1) is 14.2. The van der Waals surface area contributed by atoms with Gasteiger partial charge in [-0.25, -0.2) is 16.8 Å². The predicted molar refractivity (Wildman–Crippen MR) is 114 cm³/mol. The van der Waals surface area contributed by atoms with Crippen LogP contribution in [0.3, 0.4) is 0 Å². The van der Waals surface area contributed by atoms with Crippen molar-refractivity contribution >= 4 is 31.4 Å². The van der Waals surface area contributed by atoms with Gasteiger partial charge in [0.25, 0.3) is 20.0 Å². The van der Waals surface area contributed by atoms with Crippen LogP contribution in [0, 0.1) is 0 Å². The lowest BCUT2D eigenvalue weighted by Gasteiger charge is -2.14. The number of methoxy groups -OCH3 is 2. The molecule has 0 bridgehead atoms. The molecule has 8 nitrogen and oxygen atoms in total. The van der Waals surface area contributed by atoms with Crippen LogP contribution in [-0.2, 0) is 20.0 Å². The van der Waals surface area contributed by atoms with E-state index in [1.165, 1.54) is 62.8 Å². The Morgan fingerprint density at radius 3 is 1.37 bits per heavy atom. The number of anilines is 2. The molecule has 158 valence electrons. The van der Waals surface area contributed by atoms with Crippen LogP contribution in [0.1, 0.15) is 0 Å². The SMILES string of the molecule is COc1cccc(NS(=O)(=O)c2ccccc2S(=O)(=O)Nc2cccc(OC)c2)c1. The van der Waals surface area contributed by atoms with Gasteiger partial charge < -0.3 is 9.47 Å². The first kappa shape index (κ1) is 21.5. The molecule has 0 saturated heterocycles. The third-order valence-corrected chi connectivity index (χ3v) is 7.08. The fraction of sp³-hybridized carbons (Fsp3) is 0.100. The summed E-state index contributed by atoms with van der Waals surface area (Å²) in [6.07, 6.45) is 0. The molecule has 10 heteroatoms. The Balaban J connectivity index is 1.97. The molecule has 0 saturated carbocycles. The van der Waals surface area contributed by atoms with E-state index in [0.717, 1.165) is 0 Å². The summed E-state index contributed by atoms with van der Waals surface area (Å²) in [5.74, 6) is 0.909. The van der Waals surface area contributed by atoms with Crippen LogP contribution in [0.2, 0.25) is 0 Å². The Hall–Kier alpha value is -3.24. The second-order valence-corrected chi connectivity index (χ2v) is 9.42. The molecule has 0 aliphatic heterocycles. The minimum Gasteiger partial charge on any atom is -0.497 e. The van der Waals surface area contributed by atoms with Crippen LogP contribution < -0.4 is 18.9 Å². The second-order valence-electron chi connectivity index (χ2n) is 6.12. The van der Waals surface area contributed by atoms with Crippen molar-refractivity contribution in [2.75, 3.05) is 23.7 Å². The lowest BCUT2D eigenvalue weighted by molar-refractivity contribution is 0.415. The minimum atomic E-state index is -4.21. The molecule has 0 heterocycles. The van der Waals surface area contributed by atoms with Gasteiger partial charge in [0.1, 0.15) is 21.3 Å². The molecule has 0 atom stereocenters. The van der Waals surface area contributed by atoms with E-state index in [-0.39, 0.29) is 21.2 Å². The number of benzene rings is 3. The molecule has 0 aliphatic rings. The van der Waals surface area contributed by atoms with Crippen LogP contribution in [0.5, 0.6) is 11.5 Å². The maximum Gasteiger partial charge on any atom is 0.263 e. The highest BCUT2D eigenvalue weighted by Crippen LogP contribution is 2.27. The van der Waals surface area contributed by atoms with Gasteiger partial charge >= 0.3 is 0 Å². The summed E-state index contributed by atoms with van der Waals surface area (Å²) in [5, 5.41) is 0. The normalized spacial score (nSPS) is 11.5. The van der Waals surface area contributed by atoms with Gasteiger partial charge in [-0.15, -0.1) is 0 Å². The van der Waals surface area contributed by atoms with Crippen molar-refractivity contribution in [3.8, 4) is 11.5 Å². The Kier molecular flexibility index (Phi) is 6.18. The molecule has 30 heavy (non-hydrogen) atoms. The first-order valence-electron chi connectivity index (χ1n) is 8.68. The number of rotatable bonds is 8. The standard InChI is InChI=1S/C20H20N2O6S2/c1-27-17-9-5-7-15(13-17)21-29(23,24)19-11-3-4-12-20(19)30(25,26)22-16-8-6-10-18(14-16)28-2/h3-14,21-22H,1-2H3. The molecule has 0 radical (unpaired) electrons. The van der Waals surface area contributed by atoms with Crippen molar-refractivity contribution in [1.82, 2.24) is 0 Å². The fourth-order valence-corrected chi connectivity index (χ4v) is 5.62. The van der Waals surface area contributed by atoms with Gasteiger partial charge in [-0.05, 0) is 36.4 Å². The smallest absolute Gasteiger partial charge is 0.263 e. The van der Waals surface area contributed by atoms with Crippen molar-refractivity contribution in [2.45, 2.75) is 9.79 Å². The predicted octanol–water partition coefficient (Wildman–Crippen LogP) is 3.31. The Bertz CT molecular complexity index is 1160.